The van der Waals surface area contributed by atoms with E-state index in [0.29, 0.717) is 4.47 Å². The number of halogens is 1. The molecule has 0 aliphatic carbocycles. The molecule has 0 radical (unpaired) electrons. The number of thiazole rings is 1. The van der Waals surface area contributed by atoms with Crippen LogP contribution in [0.15, 0.2) is 6.20 Å². The Bertz CT molecular complexity index is 409. The molecule has 2 atom stereocenters. The van der Waals surface area contributed by atoms with E-state index in [-0.39, 0.29) is 0 Å². The molecule has 18 heavy (non-hydrogen) atoms. The lowest BCUT2D eigenvalue weighted by atomic mass is 10.0. The molecule has 0 bridgehead atoms. The lowest BCUT2D eigenvalue weighted by molar-refractivity contribution is 0.148. The molecule has 2 aliphatic heterocycles. The maximum Gasteiger partial charge on any atom is 0.183 e. The third-order valence-electron chi connectivity index (χ3n) is 4.32. The molecule has 100 valence electrons. The Morgan fingerprint density at radius 3 is 2.78 bits per heavy atom. The molecular formula is C13H20ClN3S. The van der Waals surface area contributed by atoms with Crippen molar-refractivity contribution in [2.45, 2.75) is 44.3 Å². The van der Waals surface area contributed by atoms with E-state index in [1.807, 2.05) is 6.20 Å². The summed E-state index contributed by atoms with van der Waals surface area (Å²) in [6.07, 6.45) is 7.34. The number of hydrogen-bond acceptors (Lipinski definition) is 4. The van der Waals surface area contributed by atoms with Crippen LogP contribution < -0.4 is 0 Å². The predicted octanol–water partition coefficient (Wildman–Crippen LogP) is 2.86. The van der Waals surface area contributed by atoms with Gasteiger partial charge in [0, 0.05) is 29.7 Å². The van der Waals surface area contributed by atoms with Crippen molar-refractivity contribution in [3.63, 3.8) is 0 Å². The van der Waals surface area contributed by atoms with Gasteiger partial charge in [-0.15, -0.1) is 11.3 Å². The standard InChI is InChI=1S/C13H20ClN3S/c1-16-6-2-4-11(16)12-5-3-7-17(12)9-10-8-15-13(14)18-10/h8,11-12H,2-7,9H2,1H3/t11-,12-/m0/s1. The van der Waals surface area contributed by atoms with Crippen molar-refractivity contribution in [2.75, 3.05) is 20.1 Å². The minimum absolute atomic E-state index is 0.665. The molecule has 0 amide bonds. The molecule has 1 aromatic heterocycles. The zero-order chi connectivity index (χ0) is 12.5. The third-order valence-corrected chi connectivity index (χ3v) is 5.42. The first-order valence-corrected chi connectivity index (χ1v) is 7.98. The fourth-order valence-corrected chi connectivity index (χ4v) is 4.47. The van der Waals surface area contributed by atoms with Gasteiger partial charge in [-0.05, 0) is 45.8 Å². The van der Waals surface area contributed by atoms with Crippen molar-refractivity contribution >= 4 is 22.9 Å². The topological polar surface area (TPSA) is 19.4 Å². The largest absolute Gasteiger partial charge is 0.302 e. The van der Waals surface area contributed by atoms with Crippen molar-refractivity contribution in [2.24, 2.45) is 0 Å². The summed E-state index contributed by atoms with van der Waals surface area (Å²) in [6.45, 7) is 3.52. The fraction of sp³-hybridized carbons (Fsp3) is 0.769. The van der Waals surface area contributed by atoms with Crippen molar-refractivity contribution < 1.29 is 0 Å². The molecular weight excluding hydrogens is 266 g/mol. The molecule has 5 heteroatoms. The molecule has 2 fully saturated rings. The second-order valence-corrected chi connectivity index (χ2v) is 7.15. The Balaban J connectivity index is 1.67. The molecule has 2 aliphatic rings. The van der Waals surface area contributed by atoms with E-state index in [1.54, 1.807) is 11.3 Å². The first-order chi connectivity index (χ1) is 8.74. The quantitative estimate of drug-likeness (QED) is 0.851. The van der Waals surface area contributed by atoms with E-state index >= 15 is 0 Å². The highest BCUT2D eigenvalue weighted by Crippen LogP contribution is 2.31. The van der Waals surface area contributed by atoms with Crippen LogP contribution in [0.1, 0.15) is 30.6 Å². The maximum atomic E-state index is 5.91. The smallest absolute Gasteiger partial charge is 0.183 e. The summed E-state index contributed by atoms with van der Waals surface area (Å²) < 4.78 is 0.665. The van der Waals surface area contributed by atoms with E-state index in [2.05, 4.69) is 21.8 Å². The van der Waals surface area contributed by atoms with Crippen LogP contribution in [-0.2, 0) is 6.54 Å². The summed E-state index contributed by atoms with van der Waals surface area (Å²) in [5, 5.41) is 0. The van der Waals surface area contributed by atoms with Gasteiger partial charge in [-0.1, -0.05) is 11.6 Å². The van der Waals surface area contributed by atoms with Crippen molar-refractivity contribution in [3.8, 4) is 0 Å². The summed E-state index contributed by atoms with van der Waals surface area (Å²) in [5.41, 5.74) is 0. The summed E-state index contributed by atoms with van der Waals surface area (Å²) in [6, 6.07) is 1.49. The third kappa shape index (κ3) is 2.57. The Morgan fingerprint density at radius 1 is 1.33 bits per heavy atom. The average Bonchev–Trinajstić information content (AvgIpc) is 3.02. The van der Waals surface area contributed by atoms with Crippen LogP contribution in [-0.4, -0.2) is 47.0 Å². The Kier molecular flexibility index (Phi) is 3.89. The Morgan fingerprint density at radius 2 is 2.11 bits per heavy atom. The Hall–Kier alpha value is -0.160. The molecule has 0 N–H and O–H groups in total. The lowest BCUT2D eigenvalue weighted by Gasteiger charge is -2.32. The highest BCUT2D eigenvalue weighted by atomic mass is 35.5. The fourth-order valence-electron chi connectivity index (χ4n) is 3.46. The van der Waals surface area contributed by atoms with Gasteiger partial charge in [0.05, 0.1) is 0 Å². The van der Waals surface area contributed by atoms with Crippen LogP contribution in [0.25, 0.3) is 0 Å². The minimum atomic E-state index is 0.665. The second kappa shape index (κ2) is 5.45. The Labute approximate surface area is 118 Å². The van der Waals surface area contributed by atoms with Gasteiger partial charge in [-0.25, -0.2) is 4.98 Å². The molecule has 3 rings (SSSR count). The molecule has 1 aromatic rings. The summed E-state index contributed by atoms with van der Waals surface area (Å²) in [7, 11) is 2.28. The number of aromatic nitrogens is 1. The van der Waals surface area contributed by atoms with E-state index in [4.69, 9.17) is 11.6 Å². The first kappa shape index (κ1) is 12.9. The van der Waals surface area contributed by atoms with E-state index in [1.165, 1.54) is 43.6 Å². The van der Waals surface area contributed by atoms with Gasteiger partial charge in [0.1, 0.15) is 0 Å². The summed E-state index contributed by atoms with van der Waals surface area (Å²) in [4.78, 5) is 10.6. The van der Waals surface area contributed by atoms with Gasteiger partial charge in [0.25, 0.3) is 0 Å². The number of likely N-dealkylation sites (N-methyl/N-ethyl adjacent to an activating group) is 1. The molecule has 0 unspecified atom stereocenters. The van der Waals surface area contributed by atoms with Crippen molar-refractivity contribution in [1.29, 1.82) is 0 Å². The van der Waals surface area contributed by atoms with Crippen LogP contribution in [0.4, 0.5) is 0 Å². The molecule has 3 nitrogen and oxygen atoms in total. The minimum Gasteiger partial charge on any atom is -0.302 e. The normalized spacial score (nSPS) is 30.3. The van der Waals surface area contributed by atoms with Gasteiger partial charge in [-0.3, -0.25) is 4.90 Å². The van der Waals surface area contributed by atoms with Crippen molar-refractivity contribution in [1.82, 2.24) is 14.8 Å². The van der Waals surface area contributed by atoms with Gasteiger partial charge < -0.3 is 4.90 Å². The van der Waals surface area contributed by atoms with E-state index < -0.39 is 0 Å². The van der Waals surface area contributed by atoms with E-state index in [0.717, 1.165) is 18.6 Å². The van der Waals surface area contributed by atoms with Gasteiger partial charge in [-0.2, -0.15) is 0 Å². The van der Waals surface area contributed by atoms with Gasteiger partial charge >= 0.3 is 0 Å². The number of likely N-dealkylation sites (tertiary alicyclic amines) is 2. The molecule has 3 heterocycles. The zero-order valence-corrected chi connectivity index (χ0v) is 12.4. The average molecular weight is 286 g/mol. The molecule has 0 spiro atoms. The maximum absolute atomic E-state index is 5.91. The highest BCUT2D eigenvalue weighted by Gasteiger charge is 2.36. The first-order valence-electron chi connectivity index (χ1n) is 6.78. The number of hydrogen-bond donors (Lipinski definition) is 0. The molecule has 0 aromatic carbocycles. The van der Waals surface area contributed by atoms with Crippen LogP contribution in [0.3, 0.4) is 0 Å². The van der Waals surface area contributed by atoms with Crippen LogP contribution in [0.2, 0.25) is 4.47 Å². The van der Waals surface area contributed by atoms with Gasteiger partial charge in [0.2, 0.25) is 0 Å². The number of rotatable bonds is 3. The lowest BCUT2D eigenvalue weighted by Crippen LogP contribution is -2.44. The molecule has 0 saturated carbocycles. The number of nitrogens with zero attached hydrogens (tertiary/aromatic N) is 3. The zero-order valence-electron chi connectivity index (χ0n) is 10.8. The van der Waals surface area contributed by atoms with Crippen LogP contribution in [0.5, 0.6) is 0 Å². The second-order valence-electron chi connectivity index (χ2n) is 5.45. The summed E-state index contributed by atoms with van der Waals surface area (Å²) >= 11 is 7.53. The van der Waals surface area contributed by atoms with Crippen LogP contribution in [0, 0.1) is 0 Å². The molecule has 2 saturated heterocycles. The monoisotopic (exact) mass is 285 g/mol. The summed E-state index contributed by atoms with van der Waals surface area (Å²) in [5.74, 6) is 0. The SMILES string of the molecule is CN1CCC[C@H]1[C@@H]1CCCN1Cc1cnc(Cl)s1. The van der Waals surface area contributed by atoms with E-state index in [9.17, 15) is 0 Å². The predicted molar refractivity (Wildman–Crippen MR) is 76.2 cm³/mol. The van der Waals surface area contributed by atoms with Gasteiger partial charge in [0.15, 0.2) is 4.47 Å². The van der Waals surface area contributed by atoms with Crippen LogP contribution >= 0.6 is 22.9 Å². The highest BCUT2D eigenvalue weighted by molar-refractivity contribution is 7.15. The van der Waals surface area contributed by atoms with Crippen molar-refractivity contribution in [3.05, 3.63) is 15.5 Å².